The highest BCUT2D eigenvalue weighted by molar-refractivity contribution is 9.10. The van der Waals surface area contributed by atoms with Crippen LogP contribution in [-0.2, 0) is 9.59 Å². The van der Waals surface area contributed by atoms with Crippen molar-refractivity contribution in [2.75, 3.05) is 5.32 Å². The summed E-state index contributed by atoms with van der Waals surface area (Å²) >= 11 is 3.40. The number of rotatable bonds is 4. The van der Waals surface area contributed by atoms with Gasteiger partial charge in [0.2, 0.25) is 11.8 Å². The van der Waals surface area contributed by atoms with Gasteiger partial charge in [-0.1, -0.05) is 22.0 Å². The molecule has 1 aliphatic rings. The first kappa shape index (κ1) is 13.1. The second-order valence-electron chi connectivity index (χ2n) is 4.53. The van der Waals surface area contributed by atoms with E-state index in [4.69, 9.17) is 0 Å². The molecule has 0 unspecified atom stereocenters. The third kappa shape index (κ3) is 3.84. The summed E-state index contributed by atoms with van der Waals surface area (Å²) in [6.07, 6.45) is 1.93. The number of aryl methyl sites for hydroxylation is 1. The van der Waals surface area contributed by atoms with E-state index < -0.39 is 0 Å². The van der Waals surface area contributed by atoms with Gasteiger partial charge in [-0.15, -0.1) is 0 Å². The van der Waals surface area contributed by atoms with E-state index in [0.717, 1.165) is 22.9 Å². The van der Waals surface area contributed by atoms with Crippen LogP contribution in [0.5, 0.6) is 0 Å². The highest BCUT2D eigenvalue weighted by atomic mass is 79.9. The standard InChI is InChI=1S/C13H15BrN2O2/c1-8-2-3-10(6-11(8)14)16-13(18)7-12(17)15-9-4-5-9/h2-3,6,9H,4-5,7H2,1H3,(H,15,17)(H,16,18). The third-order valence-electron chi connectivity index (χ3n) is 2.72. The SMILES string of the molecule is Cc1ccc(NC(=O)CC(=O)NC2CC2)cc1Br. The Labute approximate surface area is 114 Å². The van der Waals surface area contributed by atoms with Gasteiger partial charge >= 0.3 is 0 Å². The molecule has 96 valence electrons. The minimum atomic E-state index is -0.288. The van der Waals surface area contributed by atoms with Crippen molar-refractivity contribution in [2.24, 2.45) is 0 Å². The highest BCUT2D eigenvalue weighted by Gasteiger charge is 2.24. The maximum Gasteiger partial charge on any atom is 0.233 e. The molecule has 2 rings (SSSR count). The molecule has 0 spiro atoms. The molecule has 0 aliphatic heterocycles. The quantitative estimate of drug-likeness (QED) is 0.839. The largest absolute Gasteiger partial charge is 0.353 e. The first-order chi connectivity index (χ1) is 8.54. The normalized spacial score (nSPS) is 14.1. The van der Waals surface area contributed by atoms with Crippen LogP contribution < -0.4 is 10.6 Å². The van der Waals surface area contributed by atoms with Gasteiger partial charge in [-0.25, -0.2) is 0 Å². The molecule has 1 aliphatic carbocycles. The van der Waals surface area contributed by atoms with Gasteiger partial charge in [0.1, 0.15) is 6.42 Å². The van der Waals surface area contributed by atoms with E-state index >= 15 is 0 Å². The summed E-state index contributed by atoms with van der Waals surface area (Å²) in [5, 5.41) is 5.49. The van der Waals surface area contributed by atoms with E-state index in [2.05, 4.69) is 26.6 Å². The monoisotopic (exact) mass is 310 g/mol. The number of nitrogens with one attached hydrogen (secondary N) is 2. The Balaban J connectivity index is 1.85. The van der Waals surface area contributed by atoms with Crippen molar-refractivity contribution in [3.05, 3.63) is 28.2 Å². The van der Waals surface area contributed by atoms with Gasteiger partial charge in [0.15, 0.2) is 0 Å². The first-order valence-corrected chi connectivity index (χ1v) is 6.69. The van der Waals surface area contributed by atoms with Crippen LogP contribution in [-0.4, -0.2) is 17.9 Å². The summed E-state index contributed by atoms with van der Waals surface area (Å²) in [7, 11) is 0. The van der Waals surface area contributed by atoms with E-state index in [0.29, 0.717) is 11.7 Å². The van der Waals surface area contributed by atoms with Crippen molar-refractivity contribution in [3.8, 4) is 0 Å². The van der Waals surface area contributed by atoms with Gasteiger partial charge in [0.05, 0.1) is 0 Å². The summed E-state index contributed by atoms with van der Waals surface area (Å²) in [6.45, 7) is 1.97. The minimum absolute atomic E-state index is 0.123. The number of halogens is 1. The number of hydrogen-bond donors (Lipinski definition) is 2. The molecular formula is C13H15BrN2O2. The molecule has 1 saturated carbocycles. The van der Waals surface area contributed by atoms with Crippen LogP contribution in [0.15, 0.2) is 22.7 Å². The van der Waals surface area contributed by atoms with Crippen LogP contribution in [0.3, 0.4) is 0 Å². The summed E-state index contributed by atoms with van der Waals surface area (Å²) in [5.41, 5.74) is 1.79. The minimum Gasteiger partial charge on any atom is -0.353 e. The molecule has 1 aromatic rings. The fraction of sp³-hybridized carbons (Fsp3) is 0.385. The van der Waals surface area contributed by atoms with E-state index in [1.165, 1.54) is 0 Å². The summed E-state index contributed by atoms with van der Waals surface area (Å²) in [5.74, 6) is -0.495. The second kappa shape index (κ2) is 5.52. The third-order valence-corrected chi connectivity index (χ3v) is 3.57. The number of carbonyl (C=O) groups is 2. The fourth-order valence-corrected chi connectivity index (χ4v) is 1.91. The van der Waals surface area contributed by atoms with Crippen LogP contribution >= 0.6 is 15.9 Å². The molecule has 0 bridgehead atoms. The molecule has 0 atom stereocenters. The maximum absolute atomic E-state index is 11.6. The highest BCUT2D eigenvalue weighted by Crippen LogP contribution is 2.21. The Kier molecular flexibility index (Phi) is 4.01. The number of carbonyl (C=O) groups excluding carboxylic acids is 2. The lowest BCUT2D eigenvalue weighted by Crippen LogP contribution is -2.29. The smallest absolute Gasteiger partial charge is 0.233 e. The van der Waals surface area contributed by atoms with Gasteiger partial charge in [0, 0.05) is 16.2 Å². The molecule has 18 heavy (non-hydrogen) atoms. The van der Waals surface area contributed by atoms with Crippen molar-refractivity contribution >= 4 is 33.4 Å². The summed E-state index contributed by atoms with van der Waals surface area (Å²) in [6, 6.07) is 5.84. The van der Waals surface area contributed by atoms with Crippen molar-refractivity contribution in [1.29, 1.82) is 0 Å². The average Bonchev–Trinajstić information content (AvgIpc) is 3.07. The summed E-state index contributed by atoms with van der Waals surface area (Å²) in [4.78, 5) is 23.1. The molecular weight excluding hydrogens is 296 g/mol. The summed E-state index contributed by atoms with van der Waals surface area (Å²) < 4.78 is 0.933. The fourth-order valence-electron chi connectivity index (χ4n) is 1.53. The predicted octanol–water partition coefficient (Wildman–Crippen LogP) is 2.36. The Hall–Kier alpha value is -1.36. The Morgan fingerprint density at radius 1 is 1.33 bits per heavy atom. The molecule has 1 aromatic carbocycles. The van der Waals surface area contributed by atoms with Crippen LogP contribution in [0.4, 0.5) is 5.69 Å². The zero-order chi connectivity index (χ0) is 13.1. The van der Waals surface area contributed by atoms with Gasteiger partial charge in [-0.3, -0.25) is 9.59 Å². The molecule has 1 fully saturated rings. The maximum atomic E-state index is 11.6. The molecule has 0 aromatic heterocycles. The van der Waals surface area contributed by atoms with Crippen molar-refractivity contribution in [3.63, 3.8) is 0 Å². The van der Waals surface area contributed by atoms with Crippen molar-refractivity contribution < 1.29 is 9.59 Å². The average molecular weight is 311 g/mol. The van der Waals surface area contributed by atoms with E-state index in [-0.39, 0.29) is 18.2 Å². The Bertz CT molecular complexity index is 484. The topological polar surface area (TPSA) is 58.2 Å². The lowest BCUT2D eigenvalue weighted by Gasteiger charge is -2.07. The number of benzene rings is 1. The molecule has 0 saturated heterocycles. The van der Waals surface area contributed by atoms with Crippen LogP contribution in [0.2, 0.25) is 0 Å². The van der Waals surface area contributed by atoms with Crippen molar-refractivity contribution in [1.82, 2.24) is 5.32 Å². The zero-order valence-electron chi connectivity index (χ0n) is 10.1. The van der Waals surface area contributed by atoms with E-state index in [1.54, 1.807) is 0 Å². The Morgan fingerprint density at radius 3 is 2.67 bits per heavy atom. The van der Waals surface area contributed by atoms with Gasteiger partial charge < -0.3 is 10.6 Å². The molecule has 0 heterocycles. The second-order valence-corrected chi connectivity index (χ2v) is 5.39. The van der Waals surface area contributed by atoms with E-state index in [1.807, 2.05) is 25.1 Å². The van der Waals surface area contributed by atoms with Crippen LogP contribution in [0.1, 0.15) is 24.8 Å². The molecule has 2 N–H and O–H groups in total. The number of hydrogen-bond acceptors (Lipinski definition) is 2. The van der Waals surface area contributed by atoms with Crippen LogP contribution in [0.25, 0.3) is 0 Å². The van der Waals surface area contributed by atoms with Gasteiger partial charge in [-0.05, 0) is 37.5 Å². The first-order valence-electron chi connectivity index (χ1n) is 5.90. The Morgan fingerprint density at radius 2 is 2.06 bits per heavy atom. The van der Waals surface area contributed by atoms with Crippen molar-refractivity contribution in [2.45, 2.75) is 32.2 Å². The molecule has 5 heteroatoms. The number of amides is 2. The molecule has 0 radical (unpaired) electrons. The van der Waals surface area contributed by atoms with Gasteiger partial charge in [0.25, 0.3) is 0 Å². The number of anilines is 1. The molecule has 2 amide bonds. The lowest BCUT2D eigenvalue weighted by atomic mass is 10.2. The van der Waals surface area contributed by atoms with Gasteiger partial charge in [-0.2, -0.15) is 0 Å². The van der Waals surface area contributed by atoms with E-state index in [9.17, 15) is 9.59 Å². The van der Waals surface area contributed by atoms with Crippen LogP contribution in [0, 0.1) is 6.92 Å². The predicted molar refractivity (Wildman–Crippen MR) is 73.3 cm³/mol. The zero-order valence-corrected chi connectivity index (χ0v) is 11.7. The molecule has 4 nitrogen and oxygen atoms in total. The lowest BCUT2D eigenvalue weighted by molar-refractivity contribution is -0.126.